The van der Waals surface area contributed by atoms with Gasteiger partial charge in [0.2, 0.25) is 0 Å². The third kappa shape index (κ3) is 4.09. The molecule has 2 aromatic heterocycles. The van der Waals surface area contributed by atoms with Crippen LogP contribution in [0, 0.1) is 6.92 Å². The van der Waals surface area contributed by atoms with Gasteiger partial charge >= 0.3 is 0 Å². The van der Waals surface area contributed by atoms with Crippen LogP contribution >= 0.6 is 0 Å². The zero-order chi connectivity index (χ0) is 23.0. The van der Waals surface area contributed by atoms with Gasteiger partial charge in [-0.15, -0.1) is 0 Å². The van der Waals surface area contributed by atoms with E-state index in [1.807, 2.05) is 16.9 Å². The molecule has 33 heavy (non-hydrogen) atoms. The van der Waals surface area contributed by atoms with Crippen molar-refractivity contribution in [1.29, 1.82) is 0 Å². The molecule has 2 aromatic carbocycles. The van der Waals surface area contributed by atoms with Crippen LogP contribution in [-0.2, 0) is 18.3 Å². The number of nitrogens with zero attached hydrogens (tertiary/aromatic N) is 3. The van der Waals surface area contributed by atoms with E-state index >= 15 is 0 Å². The van der Waals surface area contributed by atoms with Gasteiger partial charge in [-0.2, -0.15) is 5.10 Å². The molecular weight excluding hydrogens is 412 g/mol. The van der Waals surface area contributed by atoms with Crippen molar-refractivity contribution in [1.82, 2.24) is 14.9 Å². The Morgan fingerprint density at radius 1 is 1.15 bits per heavy atom. The molecule has 1 N–H and O–H groups in total. The Hall–Kier alpha value is -3.67. The highest BCUT2D eigenvalue weighted by atomic mass is 16.5. The molecule has 0 bridgehead atoms. The molecule has 0 fully saturated rings. The average Bonchev–Trinajstić information content (AvgIpc) is 3.46. The van der Waals surface area contributed by atoms with Gasteiger partial charge < -0.3 is 9.84 Å². The maximum absolute atomic E-state index is 13.1. The summed E-state index contributed by atoms with van der Waals surface area (Å²) in [5, 5.41) is 11.5. The number of benzene rings is 2. The van der Waals surface area contributed by atoms with Crippen LogP contribution in [0.25, 0.3) is 0 Å². The van der Waals surface area contributed by atoms with Gasteiger partial charge in [0.05, 0.1) is 17.9 Å². The Kier molecular flexibility index (Phi) is 5.36. The van der Waals surface area contributed by atoms with E-state index in [2.05, 4.69) is 84.9 Å². The second kappa shape index (κ2) is 8.35. The van der Waals surface area contributed by atoms with Gasteiger partial charge in [0.25, 0.3) is 5.91 Å². The van der Waals surface area contributed by atoms with Crippen LogP contribution in [0.1, 0.15) is 64.8 Å². The molecule has 0 saturated heterocycles. The van der Waals surface area contributed by atoms with E-state index in [0.29, 0.717) is 11.4 Å². The van der Waals surface area contributed by atoms with Gasteiger partial charge in [0, 0.05) is 18.2 Å². The van der Waals surface area contributed by atoms with Crippen molar-refractivity contribution < 1.29 is 9.32 Å². The summed E-state index contributed by atoms with van der Waals surface area (Å²) >= 11 is 0. The number of anilines is 1. The molecule has 0 saturated carbocycles. The SMILES string of the molecule is Cc1ccc(C(C)n2cc(NC(=O)c3noc4c3CC(C)(c3ccccc3)CC4)cn2)cc1. The Labute approximate surface area is 193 Å². The van der Waals surface area contributed by atoms with E-state index in [4.69, 9.17) is 4.52 Å². The molecule has 6 nitrogen and oxygen atoms in total. The number of fused-ring (bicyclic) bond motifs is 1. The fraction of sp³-hybridized carbons (Fsp3) is 0.296. The number of nitrogens with one attached hydrogen (secondary N) is 1. The molecule has 1 amide bonds. The third-order valence-corrected chi connectivity index (χ3v) is 6.84. The van der Waals surface area contributed by atoms with E-state index in [1.54, 1.807) is 6.20 Å². The number of carbonyl (C=O) groups is 1. The first-order chi connectivity index (χ1) is 15.9. The molecule has 5 rings (SSSR count). The second-order valence-electron chi connectivity index (χ2n) is 9.29. The molecule has 6 heteroatoms. The summed E-state index contributed by atoms with van der Waals surface area (Å²) in [6.07, 6.45) is 5.98. The second-order valence-corrected chi connectivity index (χ2v) is 9.29. The van der Waals surface area contributed by atoms with Crippen LogP contribution in [0.3, 0.4) is 0 Å². The first kappa shape index (κ1) is 21.2. The zero-order valence-corrected chi connectivity index (χ0v) is 19.2. The maximum atomic E-state index is 13.1. The topological polar surface area (TPSA) is 73.0 Å². The summed E-state index contributed by atoms with van der Waals surface area (Å²) in [6.45, 7) is 6.40. The van der Waals surface area contributed by atoms with Gasteiger partial charge in [-0.25, -0.2) is 0 Å². The normalized spacial score (nSPS) is 18.5. The van der Waals surface area contributed by atoms with Crippen molar-refractivity contribution in [3.05, 3.63) is 101 Å². The Morgan fingerprint density at radius 2 is 1.91 bits per heavy atom. The first-order valence-electron chi connectivity index (χ1n) is 11.4. The monoisotopic (exact) mass is 440 g/mol. The average molecular weight is 441 g/mol. The molecule has 0 aliphatic heterocycles. The molecule has 4 aromatic rings. The Morgan fingerprint density at radius 3 is 2.67 bits per heavy atom. The summed E-state index contributed by atoms with van der Waals surface area (Å²) in [4.78, 5) is 13.1. The fourth-order valence-electron chi connectivity index (χ4n) is 4.66. The minimum Gasteiger partial charge on any atom is -0.360 e. The van der Waals surface area contributed by atoms with Crippen molar-refractivity contribution in [2.24, 2.45) is 0 Å². The van der Waals surface area contributed by atoms with Crippen molar-refractivity contribution in [2.75, 3.05) is 5.32 Å². The molecular formula is C27H28N4O2. The zero-order valence-electron chi connectivity index (χ0n) is 19.2. The summed E-state index contributed by atoms with van der Waals surface area (Å²) in [5.74, 6) is 0.553. The molecule has 2 unspecified atom stereocenters. The fourth-order valence-corrected chi connectivity index (χ4v) is 4.66. The minimum atomic E-state index is -0.264. The van der Waals surface area contributed by atoms with Gasteiger partial charge in [-0.3, -0.25) is 9.48 Å². The van der Waals surface area contributed by atoms with Gasteiger partial charge in [-0.05, 0) is 43.2 Å². The van der Waals surface area contributed by atoms with Crippen molar-refractivity contribution >= 4 is 11.6 Å². The van der Waals surface area contributed by atoms with E-state index < -0.39 is 0 Å². The smallest absolute Gasteiger partial charge is 0.278 e. The summed E-state index contributed by atoms with van der Waals surface area (Å²) < 4.78 is 7.41. The lowest BCUT2D eigenvalue weighted by atomic mass is 9.70. The highest BCUT2D eigenvalue weighted by Gasteiger charge is 2.37. The highest BCUT2D eigenvalue weighted by molar-refractivity contribution is 6.03. The number of hydrogen-bond donors (Lipinski definition) is 1. The largest absolute Gasteiger partial charge is 0.360 e. The van der Waals surface area contributed by atoms with E-state index in [-0.39, 0.29) is 17.4 Å². The molecule has 168 valence electrons. The summed E-state index contributed by atoms with van der Waals surface area (Å²) in [5.41, 5.74) is 5.51. The quantitative estimate of drug-likeness (QED) is 0.445. The standard InChI is InChI=1S/C27H28N4O2/c1-18-9-11-20(12-10-18)19(2)31-17-22(16-28-31)29-26(32)25-23-15-27(3,14-13-24(23)33-30-25)21-7-5-4-6-8-21/h4-12,16-17,19H,13-15H2,1-3H3,(H,29,32). The number of amides is 1. The van der Waals surface area contributed by atoms with Gasteiger partial charge in [0.15, 0.2) is 5.69 Å². The lowest BCUT2D eigenvalue weighted by Crippen LogP contribution is -2.31. The van der Waals surface area contributed by atoms with Crippen LogP contribution in [0.15, 0.2) is 71.5 Å². The van der Waals surface area contributed by atoms with Crippen LogP contribution < -0.4 is 5.32 Å². The molecule has 2 atom stereocenters. The molecule has 2 heterocycles. The van der Waals surface area contributed by atoms with Crippen molar-refractivity contribution in [2.45, 2.75) is 51.5 Å². The lowest BCUT2D eigenvalue weighted by Gasteiger charge is -2.33. The highest BCUT2D eigenvalue weighted by Crippen LogP contribution is 2.39. The number of hydrogen-bond acceptors (Lipinski definition) is 4. The number of rotatable bonds is 5. The number of carbonyl (C=O) groups excluding carboxylic acids is 1. The Balaban J connectivity index is 1.33. The Bertz CT molecular complexity index is 1270. The van der Waals surface area contributed by atoms with Gasteiger partial charge in [0.1, 0.15) is 5.76 Å². The van der Waals surface area contributed by atoms with Crippen molar-refractivity contribution in [3.63, 3.8) is 0 Å². The summed E-state index contributed by atoms with van der Waals surface area (Å²) in [6, 6.07) is 18.9. The lowest BCUT2D eigenvalue weighted by molar-refractivity contribution is 0.101. The van der Waals surface area contributed by atoms with Crippen LogP contribution in [0.5, 0.6) is 0 Å². The van der Waals surface area contributed by atoms with E-state index in [9.17, 15) is 4.79 Å². The van der Waals surface area contributed by atoms with E-state index in [1.165, 1.54) is 11.1 Å². The predicted molar refractivity (Wildman–Crippen MR) is 127 cm³/mol. The maximum Gasteiger partial charge on any atom is 0.278 e. The third-order valence-electron chi connectivity index (χ3n) is 6.84. The van der Waals surface area contributed by atoms with Crippen molar-refractivity contribution in [3.8, 4) is 0 Å². The molecule has 0 spiro atoms. The minimum absolute atomic E-state index is 0.0524. The molecule has 1 aliphatic rings. The van der Waals surface area contributed by atoms with E-state index in [0.717, 1.165) is 36.1 Å². The summed E-state index contributed by atoms with van der Waals surface area (Å²) in [7, 11) is 0. The first-order valence-corrected chi connectivity index (χ1v) is 11.4. The number of aryl methyl sites for hydroxylation is 2. The van der Waals surface area contributed by atoms with Crippen LogP contribution in [0.2, 0.25) is 0 Å². The van der Waals surface area contributed by atoms with Gasteiger partial charge in [-0.1, -0.05) is 72.2 Å². The molecule has 1 aliphatic carbocycles. The molecule has 0 radical (unpaired) electrons. The predicted octanol–water partition coefficient (Wildman–Crippen LogP) is 5.49. The van der Waals surface area contributed by atoms with Crippen LogP contribution in [-0.4, -0.2) is 20.8 Å². The number of aromatic nitrogens is 3. The van der Waals surface area contributed by atoms with Crippen LogP contribution in [0.4, 0.5) is 5.69 Å².